The molecule has 0 saturated heterocycles. The second-order valence-corrected chi connectivity index (χ2v) is 7.69. The number of hydrogen-bond donors (Lipinski definition) is 1. The Balaban J connectivity index is 2.15. The minimum atomic E-state index is -3.62. The number of sulfonamides is 1. The molecule has 128 valence electrons. The van der Waals surface area contributed by atoms with Crippen LogP contribution in [0.25, 0.3) is 0 Å². The highest BCUT2D eigenvalue weighted by atomic mass is 35.5. The molecule has 0 unspecified atom stereocenters. The van der Waals surface area contributed by atoms with Crippen molar-refractivity contribution in [3.8, 4) is 0 Å². The van der Waals surface area contributed by atoms with Crippen molar-refractivity contribution in [3.63, 3.8) is 0 Å². The largest absolute Gasteiger partial charge is 0.325 e. The van der Waals surface area contributed by atoms with Crippen LogP contribution in [0.5, 0.6) is 0 Å². The molecule has 0 spiro atoms. The molecule has 5 nitrogen and oxygen atoms in total. The number of hydrogen-bond acceptors (Lipinski definition) is 3. The number of carbonyl (C=O) groups is 1. The zero-order valence-corrected chi connectivity index (χ0v) is 15.1. The molecule has 0 aliphatic rings. The van der Waals surface area contributed by atoms with Crippen LogP contribution in [-0.4, -0.2) is 27.1 Å². The number of carbonyl (C=O) groups excluding carboxylic acids is 1. The van der Waals surface area contributed by atoms with Gasteiger partial charge in [0.05, 0.1) is 11.9 Å². The average molecular weight is 367 g/mol. The first kappa shape index (κ1) is 18.3. The molecule has 2 rings (SSSR count). The Labute approximate surface area is 147 Å². The Morgan fingerprint density at radius 3 is 2.38 bits per heavy atom. The van der Waals surface area contributed by atoms with Crippen molar-refractivity contribution in [2.75, 3.05) is 22.4 Å². The molecule has 24 heavy (non-hydrogen) atoms. The Morgan fingerprint density at radius 1 is 1.17 bits per heavy atom. The first-order valence-electron chi connectivity index (χ1n) is 7.41. The van der Waals surface area contributed by atoms with Gasteiger partial charge in [0.2, 0.25) is 15.9 Å². The third-order valence-corrected chi connectivity index (χ3v) is 4.81. The van der Waals surface area contributed by atoms with Crippen molar-refractivity contribution in [3.05, 3.63) is 59.1 Å². The van der Waals surface area contributed by atoms with Crippen LogP contribution in [0, 0.1) is 0 Å². The van der Waals surface area contributed by atoms with Gasteiger partial charge in [-0.1, -0.05) is 36.7 Å². The summed E-state index contributed by atoms with van der Waals surface area (Å²) in [6.07, 6.45) is 1.96. The number of rotatable bonds is 6. The fourth-order valence-electron chi connectivity index (χ4n) is 2.19. The third-order valence-electron chi connectivity index (χ3n) is 3.43. The second-order valence-electron chi connectivity index (χ2n) is 5.35. The SMILES string of the molecule is CCc1ccc(NC(=O)CN(c2cccc(Cl)c2)S(C)(=O)=O)cc1. The number of amides is 1. The maximum atomic E-state index is 12.2. The number of nitrogens with one attached hydrogen (secondary N) is 1. The lowest BCUT2D eigenvalue weighted by molar-refractivity contribution is -0.114. The smallest absolute Gasteiger partial charge is 0.245 e. The molecule has 0 aliphatic heterocycles. The molecule has 0 radical (unpaired) electrons. The van der Waals surface area contributed by atoms with Gasteiger partial charge in [0.25, 0.3) is 0 Å². The summed E-state index contributed by atoms with van der Waals surface area (Å²) < 4.78 is 25.1. The van der Waals surface area contributed by atoms with Gasteiger partial charge >= 0.3 is 0 Å². The number of anilines is 2. The Hall–Kier alpha value is -2.05. The topological polar surface area (TPSA) is 66.5 Å². The van der Waals surface area contributed by atoms with Gasteiger partial charge in [-0.2, -0.15) is 0 Å². The summed E-state index contributed by atoms with van der Waals surface area (Å²) in [4.78, 5) is 12.2. The van der Waals surface area contributed by atoms with E-state index in [1.165, 1.54) is 6.07 Å². The van der Waals surface area contributed by atoms with E-state index in [1.54, 1.807) is 30.3 Å². The van der Waals surface area contributed by atoms with E-state index in [0.717, 1.165) is 22.5 Å². The molecule has 1 amide bonds. The van der Waals surface area contributed by atoms with Crippen LogP contribution in [0.2, 0.25) is 5.02 Å². The van der Waals surface area contributed by atoms with E-state index in [1.807, 2.05) is 19.1 Å². The third kappa shape index (κ3) is 4.97. The maximum absolute atomic E-state index is 12.2. The highest BCUT2D eigenvalue weighted by Gasteiger charge is 2.21. The minimum absolute atomic E-state index is 0.325. The van der Waals surface area contributed by atoms with Gasteiger partial charge in [-0.05, 0) is 42.3 Å². The molecular weight excluding hydrogens is 348 g/mol. The molecule has 2 aromatic rings. The van der Waals surface area contributed by atoms with E-state index in [9.17, 15) is 13.2 Å². The Bertz CT molecular complexity index is 820. The zero-order valence-electron chi connectivity index (χ0n) is 13.5. The zero-order chi connectivity index (χ0) is 17.7. The van der Waals surface area contributed by atoms with Crippen molar-refractivity contribution >= 4 is 38.9 Å². The molecule has 1 N–H and O–H groups in total. The van der Waals surface area contributed by atoms with Crippen molar-refractivity contribution < 1.29 is 13.2 Å². The van der Waals surface area contributed by atoms with Crippen LogP contribution in [0.4, 0.5) is 11.4 Å². The van der Waals surface area contributed by atoms with Crippen LogP contribution in [0.3, 0.4) is 0 Å². The van der Waals surface area contributed by atoms with Crippen LogP contribution in [-0.2, 0) is 21.2 Å². The van der Waals surface area contributed by atoms with Gasteiger partial charge in [-0.15, -0.1) is 0 Å². The second kappa shape index (κ2) is 7.68. The van der Waals surface area contributed by atoms with E-state index in [-0.39, 0.29) is 6.54 Å². The highest BCUT2D eigenvalue weighted by Crippen LogP contribution is 2.21. The van der Waals surface area contributed by atoms with E-state index in [4.69, 9.17) is 11.6 Å². The molecule has 7 heteroatoms. The van der Waals surface area contributed by atoms with Crippen LogP contribution < -0.4 is 9.62 Å². The van der Waals surface area contributed by atoms with Crippen molar-refractivity contribution in [2.45, 2.75) is 13.3 Å². The molecular formula is C17H19ClN2O3S. The molecule has 0 aromatic heterocycles. The molecule has 0 saturated carbocycles. The van der Waals surface area contributed by atoms with E-state index >= 15 is 0 Å². The van der Waals surface area contributed by atoms with E-state index in [0.29, 0.717) is 16.4 Å². The fourth-order valence-corrected chi connectivity index (χ4v) is 3.22. The monoisotopic (exact) mass is 366 g/mol. The standard InChI is InChI=1S/C17H19ClN2O3S/c1-3-13-7-9-15(10-8-13)19-17(21)12-20(24(2,22)23)16-6-4-5-14(18)11-16/h4-11H,3,12H2,1-2H3,(H,19,21). The predicted molar refractivity (Wildman–Crippen MR) is 98.1 cm³/mol. The highest BCUT2D eigenvalue weighted by molar-refractivity contribution is 7.92. The van der Waals surface area contributed by atoms with Gasteiger partial charge in [0, 0.05) is 10.7 Å². The molecule has 0 aliphatic carbocycles. The van der Waals surface area contributed by atoms with E-state index < -0.39 is 15.9 Å². The lowest BCUT2D eigenvalue weighted by Gasteiger charge is -2.22. The summed E-state index contributed by atoms with van der Waals surface area (Å²) in [5, 5.41) is 3.10. The summed E-state index contributed by atoms with van der Waals surface area (Å²) in [5.41, 5.74) is 2.13. The molecule has 0 bridgehead atoms. The van der Waals surface area contributed by atoms with Crippen molar-refractivity contribution in [2.24, 2.45) is 0 Å². The van der Waals surface area contributed by atoms with Crippen LogP contribution in [0.15, 0.2) is 48.5 Å². The van der Waals surface area contributed by atoms with Crippen molar-refractivity contribution in [1.82, 2.24) is 0 Å². The molecule has 0 atom stereocenters. The predicted octanol–water partition coefficient (Wildman–Crippen LogP) is 3.31. The van der Waals surface area contributed by atoms with Gasteiger partial charge in [0.1, 0.15) is 6.54 Å². The van der Waals surface area contributed by atoms with Crippen LogP contribution >= 0.6 is 11.6 Å². The van der Waals surface area contributed by atoms with E-state index in [2.05, 4.69) is 5.32 Å². The lowest BCUT2D eigenvalue weighted by Crippen LogP contribution is -2.37. The maximum Gasteiger partial charge on any atom is 0.245 e. The Morgan fingerprint density at radius 2 is 1.83 bits per heavy atom. The summed E-state index contributed by atoms with van der Waals surface area (Å²) >= 11 is 5.91. The number of aryl methyl sites for hydroxylation is 1. The molecule has 0 fully saturated rings. The Kier molecular flexibility index (Phi) is 5.85. The average Bonchev–Trinajstić information content (AvgIpc) is 2.52. The van der Waals surface area contributed by atoms with Gasteiger partial charge in [-0.25, -0.2) is 8.42 Å². The molecule has 2 aromatic carbocycles. The normalized spacial score (nSPS) is 11.1. The fraction of sp³-hybridized carbons (Fsp3) is 0.235. The quantitative estimate of drug-likeness (QED) is 0.852. The summed E-state index contributed by atoms with van der Waals surface area (Å²) in [7, 11) is -3.62. The lowest BCUT2D eigenvalue weighted by atomic mass is 10.1. The first-order chi connectivity index (χ1) is 11.3. The summed E-state index contributed by atoms with van der Waals surface area (Å²) in [6.45, 7) is 1.72. The van der Waals surface area contributed by atoms with Gasteiger partial charge in [-0.3, -0.25) is 9.10 Å². The van der Waals surface area contributed by atoms with Crippen LogP contribution in [0.1, 0.15) is 12.5 Å². The first-order valence-corrected chi connectivity index (χ1v) is 9.64. The summed E-state index contributed by atoms with van der Waals surface area (Å²) in [6, 6.07) is 13.8. The number of halogens is 1. The minimum Gasteiger partial charge on any atom is -0.325 e. The number of nitrogens with zero attached hydrogens (tertiary/aromatic N) is 1. The molecule has 0 heterocycles. The van der Waals surface area contributed by atoms with Gasteiger partial charge < -0.3 is 5.32 Å². The summed E-state index contributed by atoms with van der Waals surface area (Å²) in [5.74, 6) is -0.426. The van der Waals surface area contributed by atoms with Gasteiger partial charge in [0.15, 0.2) is 0 Å². The van der Waals surface area contributed by atoms with Crippen molar-refractivity contribution in [1.29, 1.82) is 0 Å². The number of benzene rings is 2.